The fourth-order valence-corrected chi connectivity index (χ4v) is 8.41. The van der Waals surface area contributed by atoms with Gasteiger partial charge in [-0.1, -0.05) is 12.0 Å². The fraction of sp³-hybridized carbons (Fsp3) is 0.444. The second kappa shape index (κ2) is 12.7. The Bertz CT molecular complexity index is 2150. The van der Waals surface area contributed by atoms with Crippen LogP contribution in [-0.4, -0.2) is 100 Å². The lowest BCUT2D eigenvalue weighted by Gasteiger charge is -2.35. The number of nitrogens with one attached hydrogen (secondary N) is 2. The van der Waals surface area contributed by atoms with Crippen molar-refractivity contribution in [1.29, 1.82) is 0 Å². The van der Waals surface area contributed by atoms with Gasteiger partial charge in [0.1, 0.15) is 53.6 Å². The van der Waals surface area contributed by atoms with Gasteiger partial charge in [-0.05, 0) is 55.8 Å². The first-order valence-corrected chi connectivity index (χ1v) is 17.0. The first-order chi connectivity index (χ1) is 24.8. The molecule has 4 saturated heterocycles. The first-order valence-electron chi connectivity index (χ1n) is 17.0. The Kier molecular flexibility index (Phi) is 8.33. The van der Waals surface area contributed by atoms with Gasteiger partial charge >= 0.3 is 12.2 Å². The van der Waals surface area contributed by atoms with Gasteiger partial charge in [0.05, 0.1) is 16.5 Å². The lowest BCUT2D eigenvalue weighted by molar-refractivity contribution is -0.123. The van der Waals surface area contributed by atoms with Crippen LogP contribution in [0.1, 0.15) is 48.2 Å². The van der Waals surface area contributed by atoms with Crippen LogP contribution < -0.4 is 20.3 Å². The standard InChI is InChI=1S/C36H33F6N7O3/c1-2-23-25(38)7-4-18-10-22(50)11-24(26(18)23)29-28(39)30-27(31(45-29)33(51)43-16-36(40,41)42)32(48-14-20-5-6-21(15-48)44-20)47-34(46-30)52-17-35-8-3-9-49(35)13-19(37)12-35/h1,4,7,10-11,19-21,44,50H,3,5-6,8-9,12-17H2,(H,43,51)/t19-,20?,21?,35+/m1/s1. The normalized spacial score (nSPS) is 24.4. The second-order valence-electron chi connectivity index (χ2n) is 14.0. The summed E-state index contributed by atoms with van der Waals surface area (Å²) in [6, 6.07) is 4.49. The number of benzene rings is 2. The maximum absolute atomic E-state index is 17.2. The molecule has 272 valence electrons. The minimum absolute atomic E-state index is 0.00827. The summed E-state index contributed by atoms with van der Waals surface area (Å²) in [6.45, 7) is -0.0288. The summed E-state index contributed by atoms with van der Waals surface area (Å²) in [7, 11) is 0. The van der Waals surface area contributed by atoms with Crippen LogP contribution in [0.25, 0.3) is 32.9 Å². The van der Waals surface area contributed by atoms with Crippen LogP contribution in [0.2, 0.25) is 0 Å². The van der Waals surface area contributed by atoms with Crippen LogP contribution in [0, 0.1) is 24.0 Å². The number of hydrogen-bond donors (Lipinski definition) is 3. The van der Waals surface area contributed by atoms with Gasteiger partial charge in [0, 0.05) is 49.1 Å². The van der Waals surface area contributed by atoms with Gasteiger partial charge < -0.3 is 25.4 Å². The van der Waals surface area contributed by atoms with Crippen molar-refractivity contribution in [3.63, 3.8) is 0 Å². The highest BCUT2D eigenvalue weighted by atomic mass is 19.4. The molecule has 4 aromatic rings. The molecule has 2 bridgehead atoms. The predicted octanol–water partition coefficient (Wildman–Crippen LogP) is 5.00. The second-order valence-corrected chi connectivity index (χ2v) is 14.0. The highest BCUT2D eigenvalue weighted by Gasteiger charge is 2.49. The van der Waals surface area contributed by atoms with E-state index in [1.807, 2.05) is 10.2 Å². The lowest BCUT2D eigenvalue weighted by atomic mass is 9.95. The molecule has 10 nitrogen and oxygen atoms in total. The molecule has 0 radical (unpaired) electrons. The van der Waals surface area contributed by atoms with E-state index in [-0.39, 0.29) is 76.5 Å². The van der Waals surface area contributed by atoms with Crippen LogP contribution in [0.3, 0.4) is 0 Å². The molecule has 2 aromatic heterocycles. The smallest absolute Gasteiger partial charge is 0.405 e. The number of terminal acetylenes is 1. The average Bonchev–Trinajstić information content (AvgIpc) is 3.75. The molecule has 4 aliphatic heterocycles. The number of carbonyl (C=O) groups is 1. The van der Waals surface area contributed by atoms with E-state index in [1.54, 1.807) is 4.90 Å². The summed E-state index contributed by atoms with van der Waals surface area (Å²) in [5, 5.41) is 15.9. The van der Waals surface area contributed by atoms with E-state index in [1.165, 1.54) is 12.1 Å². The minimum Gasteiger partial charge on any atom is -0.508 e. The number of rotatable bonds is 7. The molecule has 0 aliphatic carbocycles. The molecule has 0 saturated carbocycles. The fourth-order valence-electron chi connectivity index (χ4n) is 8.41. The van der Waals surface area contributed by atoms with Crippen molar-refractivity contribution in [2.75, 3.05) is 44.2 Å². The Hall–Kier alpha value is -4.88. The summed E-state index contributed by atoms with van der Waals surface area (Å²) >= 11 is 0. The maximum Gasteiger partial charge on any atom is 0.405 e. The third-order valence-electron chi connectivity index (χ3n) is 10.6. The third-order valence-corrected chi connectivity index (χ3v) is 10.6. The Morgan fingerprint density at radius 2 is 1.88 bits per heavy atom. The molecule has 3 N–H and O–H groups in total. The Balaban J connectivity index is 1.36. The number of amides is 1. The molecule has 0 spiro atoms. The molecule has 4 fully saturated rings. The Labute approximate surface area is 293 Å². The van der Waals surface area contributed by atoms with Crippen molar-refractivity contribution in [2.24, 2.45) is 0 Å². The van der Waals surface area contributed by atoms with Crippen molar-refractivity contribution in [3.05, 3.63) is 47.2 Å². The molecule has 52 heavy (non-hydrogen) atoms. The van der Waals surface area contributed by atoms with Crippen LogP contribution in [0.4, 0.5) is 32.2 Å². The summed E-state index contributed by atoms with van der Waals surface area (Å²) in [6.07, 6.45) is 3.23. The van der Waals surface area contributed by atoms with Crippen LogP contribution >= 0.6 is 0 Å². The first kappa shape index (κ1) is 34.2. The highest BCUT2D eigenvalue weighted by molar-refractivity contribution is 6.11. The molecule has 1 amide bonds. The maximum atomic E-state index is 17.2. The molecular formula is C36H33F6N7O3. The molecule has 8 rings (SSSR count). The van der Waals surface area contributed by atoms with Gasteiger partial charge in [0.15, 0.2) is 5.82 Å². The van der Waals surface area contributed by atoms with E-state index in [2.05, 4.69) is 26.2 Å². The number of hydrogen-bond acceptors (Lipinski definition) is 9. The topological polar surface area (TPSA) is 116 Å². The van der Waals surface area contributed by atoms with Crippen LogP contribution in [0.15, 0.2) is 24.3 Å². The molecule has 16 heteroatoms. The van der Waals surface area contributed by atoms with Crippen LogP contribution in [-0.2, 0) is 0 Å². The van der Waals surface area contributed by atoms with Gasteiger partial charge in [-0.3, -0.25) is 9.69 Å². The lowest BCUT2D eigenvalue weighted by Crippen LogP contribution is -2.51. The number of alkyl halides is 4. The van der Waals surface area contributed by atoms with Gasteiger partial charge in [-0.2, -0.15) is 23.1 Å². The summed E-state index contributed by atoms with van der Waals surface area (Å²) in [4.78, 5) is 30.9. The number of aromatic nitrogens is 3. The number of pyridine rings is 1. The number of phenols is 1. The summed E-state index contributed by atoms with van der Waals surface area (Å²) < 4.78 is 93.1. The van der Waals surface area contributed by atoms with Crippen molar-refractivity contribution in [1.82, 2.24) is 30.5 Å². The number of halogens is 6. The van der Waals surface area contributed by atoms with Crippen molar-refractivity contribution < 1.29 is 41.0 Å². The number of aromatic hydroxyl groups is 1. The van der Waals surface area contributed by atoms with Gasteiger partial charge in [-0.15, -0.1) is 6.42 Å². The molecule has 6 heterocycles. The number of piperazine rings is 1. The Morgan fingerprint density at radius 3 is 2.62 bits per heavy atom. The molecular weight excluding hydrogens is 692 g/mol. The number of phenolic OH excluding ortho intramolecular Hbond substituents is 1. The van der Waals surface area contributed by atoms with E-state index in [4.69, 9.17) is 11.2 Å². The van der Waals surface area contributed by atoms with Crippen molar-refractivity contribution >= 4 is 33.4 Å². The zero-order valence-electron chi connectivity index (χ0n) is 27.7. The predicted molar refractivity (Wildman–Crippen MR) is 179 cm³/mol. The number of carbonyl (C=O) groups excluding carboxylic acids is 1. The van der Waals surface area contributed by atoms with Gasteiger partial charge in [0.2, 0.25) is 0 Å². The zero-order valence-corrected chi connectivity index (χ0v) is 27.7. The van der Waals surface area contributed by atoms with E-state index >= 15 is 8.78 Å². The third kappa shape index (κ3) is 5.99. The van der Waals surface area contributed by atoms with Crippen LogP contribution in [0.5, 0.6) is 11.8 Å². The highest BCUT2D eigenvalue weighted by Crippen LogP contribution is 2.43. The monoisotopic (exact) mass is 725 g/mol. The molecule has 2 unspecified atom stereocenters. The summed E-state index contributed by atoms with van der Waals surface area (Å²) in [5.41, 5.74) is -2.89. The van der Waals surface area contributed by atoms with E-state index in [0.717, 1.165) is 31.4 Å². The van der Waals surface area contributed by atoms with Gasteiger partial charge in [-0.25, -0.2) is 18.2 Å². The Morgan fingerprint density at radius 1 is 1.12 bits per heavy atom. The quantitative estimate of drug-likeness (QED) is 0.179. The van der Waals surface area contributed by atoms with Crippen molar-refractivity contribution in [3.8, 4) is 35.4 Å². The molecule has 4 atom stereocenters. The SMILES string of the molecule is C#Cc1c(F)ccc2cc(O)cc(-c3nc(C(=O)NCC(F)(F)F)c4c(N5CC6CCC(C5)N6)nc(OC[C@@]56CCCN5C[C@H](F)C6)nc4c3F)c12. The molecule has 4 aliphatic rings. The van der Waals surface area contributed by atoms with E-state index < -0.39 is 58.9 Å². The minimum atomic E-state index is -4.79. The number of nitrogens with zero attached hydrogens (tertiary/aromatic N) is 5. The average molecular weight is 726 g/mol. The van der Waals surface area contributed by atoms with E-state index in [9.17, 15) is 27.5 Å². The summed E-state index contributed by atoms with van der Waals surface area (Å²) in [5.74, 6) is -1.38. The largest absolute Gasteiger partial charge is 0.508 e. The van der Waals surface area contributed by atoms with E-state index in [0.29, 0.717) is 26.1 Å². The number of anilines is 1. The van der Waals surface area contributed by atoms with Crippen molar-refractivity contribution in [2.45, 2.75) is 62.1 Å². The number of ether oxygens (including phenoxy) is 1. The molecule has 2 aromatic carbocycles. The zero-order chi connectivity index (χ0) is 36.5. The number of fused-ring (bicyclic) bond motifs is 5. The van der Waals surface area contributed by atoms with Gasteiger partial charge in [0.25, 0.3) is 5.91 Å².